The molecule has 0 unspecified atom stereocenters. The van der Waals surface area contributed by atoms with Gasteiger partial charge in [-0.3, -0.25) is 0 Å². The van der Waals surface area contributed by atoms with Crippen molar-refractivity contribution in [1.29, 1.82) is 0 Å². The van der Waals surface area contributed by atoms with Gasteiger partial charge in [0.05, 0.1) is 5.60 Å². The minimum Gasteiger partial charge on any atom is -0.479 e. The smallest absolute Gasteiger partial charge is 0.180 e. The van der Waals surface area contributed by atoms with Crippen molar-refractivity contribution in [3.05, 3.63) is 0 Å². The van der Waals surface area contributed by atoms with Crippen LogP contribution in [0.5, 0.6) is 0 Å². The summed E-state index contributed by atoms with van der Waals surface area (Å²) in [6.45, 7) is 10.5. The van der Waals surface area contributed by atoms with Crippen LogP contribution in [-0.2, 0) is 4.74 Å². The molecule has 0 amide bonds. The summed E-state index contributed by atoms with van der Waals surface area (Å²) in [5.74, 6) is 1.06. The van der Waals surface area contributed by atoms with Gasteiger partial charge in [0, 0.05) is 6.92 Å². The molecule has 0 radical (unpaired) electrons. The van der Waals surface area contributed by atoms with Gasteiger partial charge in [0.2, 0.25) is 0 Å². The summed E-state index contributed by atoms with van der Waals surface area (Å²) in [4.78, 5) is 4.35. The topological polar surface area (TPSA) is 41.8 Å². The van der Waals surface area contributed by atoms with Crippen molar-refractivity contribution >= 4 is 5.90 Å². The number of nitrogens with zero attached hydrogens (tertiary/aromatic N) is 1. The molecule has 82 valence electrons. The van der Waals surface area contributed by atoms with Crippen molar-refractivity contribution < 1.29 is 9.84 Å². The van der Waals surface area contributed by atoms with Gasteiger partial charge in [0.25, 0.3) is 0 Å². The molecular weight excluding hydrogens is 178 g/mol. The maximum Gasteiger partial charge on any atom is 0.180 e. The van der Waals surface area contributed by atoms with Crippen molar-refractivity contribution in [3.8, 4) is 0 Å². The zero-order chi connectivity index (χ0) is 10.9. The van der Waals surface area contributed by atoms with Crippen LogP contribution in [0.15, 0.2) is 4.99 Å². The minimum atomic E-state index is -0.752. The molecule has 0 aromatic rings. The second-order valence-corrected chi connectivity index (χ2v) is 4.67. The second kappa shape index (κ2) is 3.89. The molecule has 1 atom stereocenters. The third-order valence-electron chi connectivity index (χ3n) is 3.17. The standard InChI is InChI=1S/C11H21NO2/c1-7(2)11(13,8(3)4)10-6-14-9(5)12-10/h7-8,10,13H,6H2,1-5H3/t10-/m0/s1. The molecule has 1 N–H and O–H groups in total. The third kappa shape index (κ3) is 1.78. The van der Waals surface area contributed by atoms with Gasteiger partial charge in [-0.1, -0.05) is 27.7 Å². The number of hydrogen-bond acceptors (Lipinski definition) is 3. The van der Waals surface area contributed by atoms with E-state index in [9.17, 15) is 5.11 Å². The van der Waals surface area contributed by atoms with Crippen molar-refractivity contribution in [1.82, 2.24) is 0 Å². The normalized spacial score (nSPS) is 22.9. The fourth-order valence-corrected chi connectivity index (χ4v) is 2.17. The number of aliphatic hydroxyl groups is 1. The average Bonchev–Trinajstić information content (AvgIpc) is 2.49. The van der Waals surface area contributed by atoms with Gasteiger partial charge in [0.15, 0.2) is 5.90 Å². The van der Waals surface area contributed by atoms with Crippen LogP contribution in [0, 0.1) is 11.8 Å². The lowest BCUT2D eigenvalue weighted by atomic mass is 9.75. The van der Waals surface area contributed by atoms with E-state index in [-0.39, 0.29) is 17.9 Å². The first-order valence-corrected chi connectivity index (χ1v) is 5.28. The maximum absolute atomic E-state index is 10.6. The highest BCUT2D eigenvalue weighted by Crippen LogP contribution is 2.33. The SMILES string of the molecule is CC1=N[C@H](C(O)(C(C)C)C(C)C)CO1. The van der Waals surface area contributed by atoms with Gasteiger partial charge in [-0.15, -0.1) is 0 Å². The predicted molar refractivity (Wildman–Crippen MR) is 57.5 cm³/mol. The van der Waals surface area contributed by atoms with Crippen LogP contribution in [0.4, 0.5) is 0 Å². The van der Waals surface area contributed by atoms with Crippen LogP contribution in [0.2, 0.25) is 0 Å². The fraction of sp³-hybridized carbons (Fsp3) is 0.909. The van der Waals surface area contributed by atoms with Crippen molar-refractivity contribution in [2.75, 3.05) is 6.61 Å². The van der Waals surface area contributed by atoms with Gasteiger partial charge in [-0.2, -0.15) is 0 Å². The Morgan fingerprint density at radius 2 is 1.86 bits per heavy atom. The number of aliphatic imine (C=N–C) groups is 1. The predicted octanol–water partition coefficient (Wildman–Crippen LogP) is 1.85. The first kappa shape index (κ1) is 11.5. The molecule has 0 spiro atoms. The highest BCUT2D eigenvalue weighted by Gasteiger charge is 2.44. The van der Waals surface area contributed by atoms with Gasteiger partial charge < -0.3 is 9.84 Å². The molecule has 0 bridgehead atoms. The molecule has 0 aliphatic carbocycles. The number of rotatable bonds is 3. The molecule has 1 rings (SSSR count). The van der Waals surface area contributed by atoms with E-state index in [0.29, 0.717) is 12.5 Å². The summed E-state index contributed by atoms with van der Waals surface area (Å²) >= 11 is 0. The molecule has 3 heteroatoms. The van der Waals surface area contributed by atoms with Crippen LogP contribution in [0.3, 0.4) is 0 Å². The fourth-order valence-electron chi connectivity index (χ4n) is 2.17. The van der Waals surface area contributed by atoms with Gasteiger partial charge in [-0.05, 0) is 11.8 Å². The monoisotopic (exact) mass is 199 g/mol. The Morgan fingerprint density at radius 1 is 1.36 bits per heavy atom. The molecule has 0 saturated heterocycles. The molecule has 0 aromatic heterocycles. The quantitative estimate of drug-likeness (QED) is 0.753. The first-order valence-electron chi connectivity index (χ1n) is 5.28. The van der Waals surface area contributed by atoms with Gasteiger partial charge in [0.1, 0.15) is 12.6 Å². The number of hydrogen-bond donors (Lipinski definition) is 1. The number of ether oxygens (including phenoxy) is 1. The van der Waals surface area contributed by atoms with Crippen LogP contribution in [-0.4, -0.2) is 29.3 Å². The van der Waals surface area contributed by atoms with Crippen LogP contribution in [0.25, 0.3) is 0 Å². The zero-order valence-corrected chi connectivity index (χ0v) is 9.74. The summed E-state index contributed by atoms with van der Waals surface area (Å²) in [5.41, 5.74) is -0.752. The van der Waals surface area contributed by atoms with Crippen LogP contribution >= 0.6 is 0 Å². The lowest BCUT2D eigenvalue weighted by molar-refractivity contribution is -0.0711. The largest absolute Gasteiger partial charge is 0.479 e. The minimum absolute atomic E-state index is 0.109. The Morgan fingerprint density at radius 3 is 2.14 bits per heavy atom. The van der Waals surface area contributed by atoms with Gasteiger partial charge in [-0.25, -0.2) is 4.99 Å². The Balaban J connectivity index is 2.89. The Labute approximate surface area is 86.2 Å². The Hall–Kier alpha value is -0.570. The van der Waals surface area contributed by atoms with Crippen LogP contribution < -0.4 is 0 Å². The molecule has 0 fully saturated rings. The summed E-state index contributed by atoms with van der Waals surface area (Å²) in [6, 6.07) is -0.109. The third-order valence-corrected chi connectivity index (χ3v) is 3.17. The van der Waals surface area contributed by atoms with E-state index in [1.807, 2.05) is 34.6 Å². The highest BCUT2D eigenvalue weighted by atomic mass is 16.5. The van der Waals surface area contributed by atoms with E-state index in [4.69, 9.17) is 4.74 Å². The molecule has 1 heterocycles. The lowest BCUT2D eigenvalue weighted by Gasteiger charge is -2.38. The molecule has 3 nitrogen and oxygen atoms in total. The summed E-state index contributed by atoms with van der Waals surface area (Å²) < 4.78 is 5.30. The Bertz CT molecular complexity index is 225. The van der Waals surface area contributed by atoms with Crippen molar-refractivity contribution in [2.45, 2.75) is 46.3 Å². The second-order valence-electron chi connectivity index (χ2n) is 4.67. The van der Waals surface area contributed by atoms with E-state index in [0.717, 1.165) is 0 Å². The summed E-state index contributed by atoms with van der Waals surface area (Å²) in [5, 5.41) is 10.6. The molecule has 14 heavy (non-hydrogen) atoms. The highest BCUT2D eigenvalue weighted by molar-refractivity contribution is 5.74. The van der Waals surface area contributed by atoms with Crippen LogP contribution in [0.1, 0.15) is 34.6 Å². The first-order chi connectivity index (χ1) is 6.39. The lowest BCUT2D eigenvalue weighted by Crippen LogP contribution is -2.51. The molecular formula is C11H21NO2. The maximum atomic E-state index is 10.6. The molecule has 0 aromatic carbocycles. The summed E-state index contributed by atoms with van der Waals surface area (Å²) in [7, 11) is 0. The van der Waals surface area contributed by atoms with Gasteiger partial charge >= 0.3 is 0 Å². The molecule has 1 aliphatic heterocycles. The zero-order valence-electron chi connectivity index (χ0n) is 9.74. The van der Waals surface area contributed by atoms with Crippen molar-refractivity contribution in [3.63, 3.8) is 0 Å². The summed E-state index contributed by atoms with van der Waals surface area (Å²) in [6.07, 6.45) is 0. The van der Waals surface area contributed by atoms with Crippen molar-refractivity contribution in [2.24, 2.45) is 16.8 Å². The van der Waals surface area contributed by atoms with E-state index in [1.165, 1.54) is 0 Å². The van der Waals surface area contributed by atoms with E-state index in [1.54, 1.807) is 0 Å². The van der Waals surface area contributed by atoms with E-state index < -0.39 is 5.60 Å². The van der Waals surface area contributed by atoms with E-state index in [2.05, 4.69) is 4.99 Å². The molecule has 1 aliphatic rings. The van der Waals surface area contributed by atoms with E-state index >= 15 is 0 Å². The molecule has 0 saturated carbocycles. The average molecular weight is 199 g/mol. The Kier molecular flexibility index (Phi) is 3.20.